The van der Waals surface area contributed by atoms with Gasteiger partial charge in [-0.15, -0.1) is 0 Å². The quantitative estimate of drug-likeness (QED) is 0.872. The Morgan fingerprint density at radius 1 is 1.38 bits per heavy atom. The van der Waals surface area contributed by atoms with Crippen molar-refractivity contribution in [1.82, 2.24) is 4.98 Å². The highest BCUT2D eigenvalue weighted by Crippen LogP contribution is 2.25. The number of pyridine rings is 1. The standard InChI is InChI=1S/C15H9FN2O3/c16-12-2-1-3-13(11(12)8-17)21-14-6-4-10(9-18-14)5-7-15(19)20/h1-7,9H,(H,19,20)/b7-5+. The van der Waals surface area contributed by atoms with Crippen molar-refractivity contribution in [2.45, 2.75) is 0 Å². The lowest BCUT2D eigenvalue weighted by molar-refractivity contribution is -0.131. The predicted octanol–water partition coefficient (Wildman–Crippen LogP) is 2.98. The van der Waals surface area contributed by atoms with E-state index in [9.17, 15) is 9.18 Å². The molecule has 0 radical (unpaired) electrons. The lowest BCUT2D eigenvalue weighted by Gasteiger charge is -2.06. The first-order chi connectivity index (χ1) is 10.1. The smallest absolute Gasteiger partial charge is 0.328 e. The predicted molar refractivity (Wildman–Crippen MR) is 72.1 cm³/mol. The summed E-state index contributed by atoms with van der Waals surface area (Å²) in [5, 5.41) is 17.4. The molecule has 0 bridgehead atoms. The van der Waals surface area contributed by atoms with Gasteiger partial charge in [0.15, 0.2) is 0 Å². The van der Waals surface area contributed by atoms with Crippen LogP contribution in [0.1, 0.15) is 11.1 Å². The molecule has 0 atom stereocenters. The molecule has 1 heterocycles. The highest BCUT2D eigenvalue weighted by Gasteiger charge is 2.10. The molecule has 2 rings (SSSR count). The monoisotopic (exact) mass is 284 g/mol. The topological polar surface area (TPSA) is 83.2 Å². The van der Waals surface area contributed by atoms with Gasteiger partial charge < -0.3 is 9.84 Å². The third-order valence-corrected chi connectivity index (χ3v) is 2.48. The summed E-state index contributed by atoms with van der Waals surface area (Å²) in [7, 11) is 0. The van der Waals surface area contributed by atoms with Crippen LogP contribution in [0.5, 0.6) is 11.6 Å². The average Bonchev–Trinajstić information content (AvgIpc) is 2.47. The molecule has 1 aromatic heterocycles. The maximum atomic E-state index is 13.4. The van der Waals surface area contributed by atoms with Gasteiger partial charge in [-0.05, 0) is 29.8 Å². The minimum atomic E-state index is -1.06. The van der Waals surface area contributed by atoms with E-state index in [1.807, 2.05) is 0 Å². The zero-order chi connectivity index (χ0) is 15.2. The second kappa shape index (κ2) is 6.30. The Morgan fingerprint density at radius 3 is 2.81 bits per heavy atom. The maximum Gasteiger partial charge on any atom is 0.328 e. The number of halogens is 1. The van der Waals surface area contributed by atoms with Crippen molar-refractivity contribution in [1.29, 1.82) is 5.26 Å². The van der Waals surface area contributed by atoms with Crippen LogP contribution in [-0.4, -0.2) is 16.1 Å². The minimum Gasteiger partial charge on any atom is -0.478 e. The lowest BCUT2D eigenvalue weighted by atomic mass is 10.2. The van der Waals surface area contributed by atoms with Crippen LogP contribution in [0.15, 0.2) is 42.6 Å². The summed E-state index contributed by atoms with van der Waals surface area (Å²) >= 11 is 0. The number of aromatic nitrogens is 1. The highest BCUT2D eigenvalue weighted by molar-refractivity contribution is 5.85. The van der Waals surface area contributed by atoms with Crippen LogP contribution in [0.25, 0.3) is 6.08 Å². The molecule has 0 aliphatic heterocycles. The first-order valence-corrected chi connectivity index (χ1v) is 5.83. The van der Waals surface area contributed by atoms with Crippen LogP contribution in [0.3, 0.4) is 0 Å². The highest BCUT2D eigenvalue weighted by atomic mass is 19.1. The van der Waals surface area contributed by atoms with E-state index in [0.29, 0.717) is 5.56 Å². The van der Waals surface area contributed by atoms with Gasteiger partial charge in [0.05, 0.1) is 0 Å². The van der Waals surface area contributed by atoms with Gasteiger partial charge in [0, 0.05) is 18.3 Å². The van der Waals surface area contributed by atoms with E-state index in [1.54, 1.807) is 12.1 Å². The molecule has 0 saturated heterocycles. The number of nitriles is 1. The zero-order valence-electron chi connectivity index (χ0n) is 10.7. The molecule has 5 nitrogen and oxygen atoms in total. The summed E-state index contributed by atoms with van der Waals surface area (Å²) in [6.45, 7) is 0. The van der Waals surface area contributed by atoms with Crippen molar-refractivity contribution in [2.24, 2.45) is 0 Å². The largest absolute Gasteiger partial charge is 0.478 e. The van der Waals surface area contributed by atoms with Gasteiger partial charge in [-0.2, -0.15) is 5.26 Å². The van der Waals surface area contributed by atoms with Crippen molar-refractivity contribution in [3.63, 3.8) is 0 Å². The molecule has 0 aliphatic carbocycles. The van der Waals surface area contributed by atoms with Crippen LogP contribution in [-0.2, 0) is 4.79 Å². The third-order valence-electron chi connectivity index (χ3n) is 2.48. The van der Waals surface area contributed by atoms with E-state index >= 15 is 0 Å². The first kappa shape index (κ1) is 14.2. The SMILES string of the molecule is N#Cc1c(F)cccc1Oc1ccc(/C=C/C(=O)O)cn1. The van der Waals surface area contributed by atoms with Crippen molar-refractivity contribution < 1.29 is 19.0 Å². The number of hydrogen-bond acceptors (Lipinski definition) is 4. The van der Waals surface area contributed by atoms with Crippen LogP contribution < -0.4 is 4.74 Å². The molecule has 0 aliphatic rings. The number of rotatable bonds is 4. The van der Waals surface area contributed by atoms with E-state index in [1.165, 1.54) is 36.5 Å². The maximum absolute atomic E-state index is 13.4. The molecule has 0 spiro atoms. The van der Waals surface area contributed by atoms with Gasteiger partial charge in [0.2, 0.25) is 5.88 Å². The molecule has 1 N–H and O–H groups in total. The Balaban J connectivity index is 2.20. The summed E-state index contributed by atoms with van der Waals surface area (Å²) in [5.74, 6) is -1.49. The Hall–Kier alpha value is -3.20. The van der Waals surface area contributed by atoms with E-state index < -0.39 is 11.8 Å². The van der Waals surface area contributed by atoms with Crippen molar-refractivity contribution >= 4 is 12.0 Å². The molecule has 2 aromatic rings. The second-order valence-electron chi connectivity index (χ2n) is 3.93. The van der Waals surface area contributed by atoms with Crippen LogP contribution in [0.2, 0.25) is 0 Å². The van der Waals surface area contributed by atoms with E-state index in [4.69, 9.17) is 15.1 Å². The molecule has 1 aromatic carbocycles. The lowest BCUT2D eigenvalue weighted by Crippen LogP contribution is -1.93. The number of aliphatic carboxylic acids is 1. The Kier molecular flexibility index (Phi) is 4.26. The summed E-state index contributed by atoms with van der Waals surface area (Å²) in [4.78, 5) is 14.3. The van der Waals surface area contributed by atoms with Crippen LogP contribution in [0, 0.1) is 17.1 Å². The fourth-order valence-corrected chi connectivity index (χ4v) is 1.53. The normalized spacial score (nSPS) is 10.3. The number of carboxylic acid groups (broad SMARTS) is 1. The average molecular weight is 284 g/mol. The number of nitrogens with zero attached hydrogens (tertiary/aromatic N) is 2. The van der Waals surface area contributed by atoms with Crippen molar-refractivity contribution in [3.05, 3.63) is 59.5 Å². The van der Waals surface area contributed by atoms with Gasteiger partial charge >= 0.3 is 5.97 Å². The molecule has 0 unspecified atom stereocenters. The van der Waals surface area contributed by atoms with Gasteiger partial charge in [-0.1, -0.05) is 6.07 Å². The Morgan fingerprint density at radius 2 is 2.19 bits per heavy atom. The van der Waals surface area contributed by atoms with Crippen molar-refractivity contribution in [3.8, 4) is 17.7 Å². The molecule has 0 amide bonds. The number of benzene rings is 1. The van der Waals surface area contributed by atoms with Gasteiger partial charge in [0.1, 0.15) is 23.2 Å². The van der Waals surface area contributed by atoms with Gasteiger partial charge in [0.25, 0.3) is 0 Å². The molecule has 0 fully saturated rings. The summed E-state index contributed by atoms with van der Waals surface area (Å²) < 4.78 is 18.8. The van der Waals surface area contributed by atoms with E-state index in [0.717, 1.165) is 6.08 Å². The van der Waals surface area contributed by atoms with E-state index in [2.05, 4.69) is 4.98 Å². The third kappa shape index (κ3) is 3.64. The number of carbonyl (C=O) groups is 1. The van der Waals surface area contributed by atoms with Crippen LogP contribution in [0.4, 0.5) is 4.39 Å². The molecule has 21 heavy (non-hydrogen) atoms. The molecule has 104 valence electrons. The Bertz CT molecular complexity index is 734. The summed E-state index contributed by atoms with van der Waals surface area (Å²) in [5.41, 5.74) is 0.374. The van der Waals surface area contributed by atoms with E-state index in [-0.39, 0.29) is 17.2 Å². The van der Waals surface area contributed by atoms with Crippen LogP contribution >= 0.6 is 0 Å². The minimum absolute atomic E-state index is 0.0684. The molecule has 0 saturated carbocycles. The summed E-state index contributed by atoms with van der Waals surface area (Å²) in [6.07, 6.45) is 3.76. The zero-order valence-corrected chi connectivity index (χ0v) is 10.7. The molecular formula is C15H9FN2O3. The van der Waals surface area contributed by atoms with Gasteiger partial charge in [-0.25, -0.2) is 14.2 Å². The summed E-state index contributed by atoms with van der Waals surface area (Å²) in [6, 6.07) is 8.86. The number of ether oxygens (including phenoxy) is 1. The van der Waals surface area contributed by atoms with Crippen molar-refractivity contribution in [2.75, 3.05) is 0 Å². The Labute approximate surface area is 119 Å². The molecular weight excluding hydrogens is 275 g/mol. The number of carboxylic acids is 1. The first-order valence-electron chi connectivity index (χ1n) is 5.83. The number of hydrogen-bond donors (Lipinski definition) is 1. The second-order valence-corrected chi connectivity index (χ2v) is 3.93. The molecule has 6 heteroatoms. The fourth-order valence-electron chi connectivity index (χ4n) is 1.53. The fraction of sp³-hybridized carbons (Fsp3) is 0. The van der Waals surface area contributed by atoms with Gasteiger partial charge in [-0.3, -0.25) is 0 Å².